The van der Waals surface area contributed by atoms with Crippen LogP contribution in [0.3, 0.4) is 0 Å². The molecule has 0 fully saturated rings. The Kier molecular flexibility index (Phi) is 5.82. The molecular formula is C28H14Cl2N2O10S2+2. The van der Waals surface area contributed by atoms with Gasteiger partial charge in [0.1, 0.15) is 26.6 Å². The zero-order valence-electron chi connectivity index (χ0n) is 21.4. The largest absolute Gasteiger partial charge is 0.506 e. The molecule has 0 bridgehead atoms. The van der Waals surface area contributed by atoms with E-state index in [1.165, 1.54) is 48.5 Å². The minimum atomic E-state index is -5.27. The molecule has 16 heteroatoms. The summed E-state index contributed by atoms with van der Waals surface area (Å²) in [6.07, 6.45) is 0. The van der Waals surface area contributed by atoms with Gasteiger partial charge in [-0.1, -0.05) is 60.1 Å². The number of rotatable bonds is 2. The van der Waals surface area contributed by atoms with Crippen LogP contribution in [0.2, 0.25) is 10.0 Å². The summed E-state index contributed by atoms with van der Waals surface area (Å²) in [6.45, 7) is 0. The van der Waals surface area contributed by atoms with Crippen LogP contribution in [-0.4, -0.2) is 47.6 Å². The van der Waals surface area contributed by atoms with E-state index in [0.717, 1.165) is 0 Å². The van der Waals surface area contributed by atoms with E-state index in [4.69, 9.17) is 23.2 Å². The number of hydrogen-bond donors (Lipinski definition) is 4. The molecule has 6 aromatic rings. The quantitative estimate of drug-likeness (QED) is 0.120. The number of aromatic hydroxyl groups is 1. The summed E-state index contributed by atoms with van der Waals surface area (Å²) < 4.78 is 71.1. The average Bonchev–Trinajstić information content (AvgIpc) is 2.96. The summed E-state index contributed by atoms with van der Waals surface area (Å²) >= 11 is 11.9. The fourth-order valence-electron chi connectivity index (χ4n) is 5.83. The van der Waals surface area contributed by atoms with Crippen molar-refractivity contribution >= 4 is 87.0 Å². The van der Waals surface area contributed by atoms with Gasteiger partial charge in [0, 0.05) is 21.9 Å². The molecule has 5 N–H and O–H groups in total. The zero-order chi connectivity index (χ0) is 31.6. The Morgan fingerprint density at radius 1 is 0.727 bits per heavy atom. The van der Waals surface area contributed by atoms with Crippen LogP contribution >= 0.6 is 11.6 Å². The van der Waals surface area contributed by atoms with Crippen LogP contribution in [0, 0.1) is 11.6 Å². The van der Waals surface area contributed by atoms with Crippen LogP contribution in [0.4, 0.5) is 0 Å². The van der Waals surface area contributed by atoms with Gasteiger partial charge in [-0.05, 0) is 0 Å². The second-order valence-electron chi connectivity index (χ2n) is 9.93. The van der Waals surface area contributed by atoms with E-state index < -0.39 is 84.7 Å². The van der Waals surface area contributed by atoms with Crippen molar-refractivity contribution in [1.82, 2.24) is 4.98 Å². The lowest BCUT2D eigenvalue weighted by atomic mass is 9.83. The molecule has 0 amide bonds. The van der Waals surface area contributed by atoms with Crippen molar-refractivity contribution < 1.29 is 57.2 Å². The SMILES string of the molecule is O=C1c2ccccc2C(=O)c2c1c(S(=O)(=O)O)c(Cl)c1[nH+]c3c([nH]c21)c([ClH+])c(S(=O)(=O)O)c1c(=O)c2ccccc2c(O)c13. The van der Waals surface area contributed by atoms with Gasteiger partial charge in [0.05, 0.1) is 16.5 Å². The smallest absolute Gasteiger partial charge is 0.301 e. The van der Waals surface area contributed by atoms with Gasteiger partial charge in [-0.15, -0.1) is 0 Å². The summed E-state index contributed by atoms with van der Waals surface area (Å²) in [6, 6.07) is 11.2. The Bertz CT molecular complexity index is 2700. The first kappa shape index (κ1) is 28.3. The van der Waals surface area contributed by atoms with Crippen LogP contribution in [0.5, 0.6) is 5.75 Å². The summed E-state index contributed by atoms with van der Waals surface area (Å²) in [7, 11) is -10.5. The summed E-state index contributed by atoms with van der Waals surface area (Å²) in [5.41, 5.74) is -3.71. The van der Waals surface area contributed by atoms with E-state index in [9.17, 15) is 45.4 Å². The third kappa shape index (κ3) is 3.63. The van der Waals surface area contributed by atoms with Crippen molar-refractivity contribution in [2.75, 3.05) is 0 Å². The molecule has 7 rings (SSSR count). The van der Waals surface area contributed by atoms with E-state index >= 15 is 0 Å². The van der Waals surface area contributed by atoms with Gasteiger partial charge in [0.25, 0.3) is 15.1 Å². The number of nitrogens with one attached hydrogen (secondary N) is 2. The normalized spacial score (nSPS) is 13.6. The number of ketones is 2. The van der Waals surface area contributed by atoms with Gasteiger partial charge in [0.2, 0.25) is 11.0 Å². The molecule has 1 heterocycles. The molecule has 0 aliphatic heterocycles. The minimum Gasteiger partial charge on any atom is -0.506 e. The molecule has 0 unspecified atom stereocenters. The van der Waals surface area contributed by atoms with Crippen molar-refractivity contribution in [3.05, 3.63) is 91.1 Å². The van der Waals surface area contributed by atoms with E-state index in [-0.39, 0.29) is 44.0 Å². The van der Waals surface area contributed by atoms with Crippen molar-refractivity contribution in [3.8, 4) is 5.75 Å². The monoisotopic (exact) mass is 672 g/mol. The first-order valence-electron chi connectivity index (χ1n) is 12.3. The molecule has 0 atom stereocenters. The van der Waals surface area contributed by atoms with Crippen molar-refractivity contribution in [3.63, 3.8) is 0 Å². The predicted molar refractivity (Wildman–Crippen MR) is 154 cm³/mol. The number of H-pyrrole nitrogens is 2. The highest BCUT2D eigenvalue weighted by molar-refractivity contribution is 7.86. The van der Waals surface area contributed by atoms with Crippen LogP contribution in [0.1, 0.15) is 31.8 Å². The van der Waals surface area contributed by atoms with E-state index in [1.807, 2.05) is 0 Å². The maximum atomic E-state index is 13.8. The Morgan fingerprint density at radius 3 is 1.86 bits per heavy atom. The van der Waals surface area contributed by atoms with Crippen LogP contribution in [-0.2, 0) is 20.2 Å². The third-order valence-electron chi connectivity index (χ3n) is 7.58. The maximum Gasteiger partial charge on any atom is 0.301 e. The summed E-state index contributed by atoms with van der Waals surface area (Å²) in [5, 5.41) is 8.81. The van der Waals surface area contributed by atoms with E-state index in [0.29, 0.717) is 0 Å². The van der Waals surface area contributed by atoms with Crippen LogP contribution in [0.15, 0.2) is 63.1 Å². The maximum absolute atomic E-state index is 13.8. The number of hydrogen-bond acceptors (Lipinski definition) is 8. The van der Waals surface area contributed by atoms with Crippen LogP contribution < -0.4 is 10.4 Å². The number of phenols is 1. The molecule has 44 heavy (non-hydrogen) atoms. The number of fused-ring (bicyclic) bond motifs is 8. The first-order valence-corrected chi connectivity index (χ1v) is 16.0. The number of aromatic amines is 2. The Balaban J connectivity index is 1.81. The number of benzene rings is 5. The molecular weight excluding hydrogens is 659 g/mol. The number of phenolic OH excluding ortho intramolecular Hbond substituents is 1. The van der Waals surface area contributed by atoms with Gasteiger partial charge in [-0.25, -0.2) is 0 Å². The van der Waals surface area contributed by atoms with Gasteiger partial charge < -0.3 is 10.1 Å². The molecule has 0 spiro atoms. The topological polar surface area (TPSA) is 210 Å². The van der Waals surface area contributed by atoms with E-state index in [2.05, 4.69) is 9.97 Å². The lowest BCUT2D eigenvalue weighted by Gasteiger charge is -2.21. The van der Waals surface area contributed by atoms with Gasteiger partial charge in [0.15, 0.2) is 39.0 Å². The third-order valence-corrected chi connectivity index (χ3v) is 10.5. The molecule has 1 aromatic heterocycles. The second-order valence-corrected chi connectivity index (χ2v) is 13.4. The number of aromatic nitrogens is 2. The second kappa shape index (κ2) is 9.04. The average molecular weight is 673 g/mol. The van der Waals surface area contributed by atoms with E-state index in [1.54, 1.807) is 0 Å². The number of halogens is 2. The van der Waals surface area contributed by atoms with Gasteiger partial charge >= 0.3 is 10.1 Å². The predicted octanol–water partition coefficient (Wildman–Crippen LogP) is 3.13. The zero-order valence-corrected chi connectivity index (χ0v) is 24.6. The molecule has 5 aromatic carbocycles. The molecule has 12 nitrogen and oxygen atoms in total. The highest BCUT2D eigenvalue weighted by Crippen LogP contribution is 2.44. The van der Waals surface area contributed by atoms with Gasteiger partial charge in [-0.2, -0.15) is 21.8 Å². The van der Waals surface area contributed by atoms with Crippen LogP contribution in [0.25, 0.3) is 43.6 Å². The minimum absolute atomic E-state index is 0.00532. The molecule has 0 saturated carbocycles. The lowest BCUT2D eigenvalue weighted by molar-refractivity contribution is -0.312. The van der Waals surface area contributed by atoms with Crippen molar-refractivity contribution in [2.45, 2.75) is 9.79 Å². The summed E-state index contributed by atoms with van der Waals surface area (Å²) in [4.78, 5) is 44.5. The fourth-order valence-corrected chi connectivity index (χ4v) is 8.50. The number of carbonyl (C=O) groups is 2. The molecule has 1 aliphatic rings. The molecule has 0 radical (unpaired) electrons. The van der Waals surface area contributed by atoms with Crippen molar-refractivity contribution in [2.24, 2.45) is 0 Å². The Labute approximate surface area is 255 Å². The summed E-state index contributed by atoms with van der Waals surface area (Å²) in [5.74, 6) is -2.40. The van der Waals surface area contributed by atoms with Gasteiger partial charge in [-0.3, -0.25) is 23.5 Å². The highest BCUT2D eigenvalue weighted by atomic mass is 35.5. The number of carbonyl (C=O) groups excluding carboxylic acids is 2. The Morgan fingerprint density at radius 2 is 1.27 bits per heavy atom. The molecule has 0 saturated heterocycles. The fraction of sp³-hybridized carbons (Fsp3) is 0. The molecule has 1 aliphatic carbocycles. The highest BCUT2D eigenvalue weighted by Gasteiger charge is 2.42. The standard InChI is InChI=1S/C28H12Cl2N2O10S2/c29-17-21-19(13-15(27(17)43(37,38)39)25(35)11-7-3-1-5-9(11)23(13)33)31-22-18(30)28(44(40,41)42)16-14(20(22)32-21)24(34)10-6-2-4-8-12(10)26(16)36/h1-8,29H,(H3-,31,32,33,34,35,36,37,38,39,40,41,42)/p+2. The Hall–Kier alpha value is -4.44. The lowest BCUT2D eigenvalue weighted by Crippen LogP contribution is -2.26. The first-order chi connectivity index (χ1) is 20.6. The molecule has 220 valence electrons. The van der Waals surface area contributed by atoms with Crippen molar-refractivity contribution in [1.29, 1.82) is 0 Å².